The van der Waals surface area contributed by atoms with E-state index in [-0.39, 0.29) is 5.91 Å². The molecule has 0 aromatic heterocycles. The number of nitrogens with zero attached hydrogens (tertiary/aromatic N) is 1. The van der Waals surface area contributed by atoms with Gasteiger partial charge in [-0.1, -0.05) is 35.4 Å². The van der Waals surface area contributed by atoms with Crippen LogP contribution in [0.2, 0.25) is 0 Å². The number of rotatable bonds is 2. The highest BCUT2D eigenvalue weighted by Gasteiger charge is 2.21. The predicted molar refractivity (Wildman–Crippen MR) is 76.8 cm³/mol. The Kier molecular flexibility index (Phi) is 4.05. The molecule has 1 atom stereocenters. The average Bonchev–Trinajstić information content (AvgIpc) is 2.37. The van der Waals surface area contributed by atoms with Crippen molar-refractivity contribution < 1.29 is 9.90 Å². The third-order valence-electron chi connectivity index (χ3n) is 3.47. The summed E-state index contributed by atoms with van der Waals surface area (Å²) in [6.07, 6.45) is 2.04. The van der Waals surface area contributed by atoms with Crippen molar-refractivity contribution in [3.63, 3.8) is 0 Å². The SMILES string of the molecule is Cc1cc(C)cc(C2=CCN(C(=O)C(C)O)CC2)c1. The molecule has 1 N–H and O–H groups in total. The standard InChI is InChI=1S/C16H21NO2/c1-11-8-12(2)10-15(9-11)14-4-6-17(7-5-14)16(19)13(3)18/h4,8-10,13,18H,5-7H2,1-3H3. The van der Waals surface area contributed by atoms with Gasteiger partial charge in [0.25, 0.3) is 5.91 Å². The number of carbonyl (C=O) groups is 1. The van der Waals surface area contributed by atoms with Crippen molar-refractivity contribution in [2.45, 2.75) is 33.3 Å². The molecule has 1 aliphatic rings. The zero-order valence-electron chi connectivity index (χ0n) is 11.8. The molecule has 1 aromatic rings. The summed E-state index contributed by atoms with van der Waals surface area (Å²) in [6.45, 7) is 6.99. The molecule has 1 unspecified atom stereocenters. The van der Waals surface area contributed by atoms with E-state index < -0.39 is 6.10 Å². The molecule has 1 amide bonds. The van der Waals surface area contributed by atoms with E-state index >= 15 is 0 Å². The van der Waals surface area contributed by atoms with E-state index in [2.05, 4.69) is 38.1 Å². The van der Waals surface area contributed by atoms with E-state index in [1.54, 1.807) is 4.90 Å². The molecule has 0 spiro atoms. The van der Waals surface area contributed by atoms with Gasteiger partial charge in [0.1, 0.15) is 6.10 Å². The van der Waals surface area contributed by atoms with Crippen LogP contribution in [0.5, 0.6) is 0 Å². The van der Waals surface area contributed by atoms with Crippen LogP contribution < -0.4 is 0 Å². The van der Waals surface area contributed by atoms with Crippen LogP contribution in [0.15, 0.2) is 24.3 Å². The maximum atomic E-state index is 11.7. The molecule has 0 radical (unpaired) electrons. The normalized spacial score (nSPS) is 17.1. The van der Waals surface area contributed by atoms with E-state index in [0.29, 0.717) is 13.1 Å². The number of aliphatic hydroxyl groups excluding tert-OH is 1. The Morgan fingerprint density at radius 3 is 2.37 bits per heavy atom. The van der Waals surface area contributed by atoms with Crippen molar-refractivity contribution in [3.05, 3.63) is 41.0 Å². The summed E-state index contributed by atoms with van der Waals surface area (Å²) in [5.74, 6) is -0.185. The number of hydrogen-bond acceptors (Lipinski definition) is 2. The average molecular weight is 259 g/mol. The highest BCUT2D eigenvalue weighted by atomic mass is 16.3. The highest BCUT2D eigenvalue weighted by Crippen LogP contribution is 2.24. The molecule has 1 aliphatic heterocycles. The van der Waals surface area contributed by atoms with Gasteiger partial charge in [0.2, 0.25) is 0 Å². The van der Waals surface area contributed by atoms with Crippen LogP contribution in [0.1, 0.15) is 30.0 Å². The van der Waals surface area contributed by atoms with E-state index in [4.69, 9.17) is 0 Å². The Labute approximate surface area is 114 Å². The first kappa shape index (κ1) is 13.8. The first-order valence-corrected chi connectivity index (χ1v) is 6.72. The Balaban J connectivity index is 2.14. The van der Waals surface area contributed by atoms with Crippen LogP contribution in [-0.4, -0.2) is 35.1 Å². The van der Waals surface area contributed by atoms with Crippen molar-refractivity contribution in [2.24, 2.45) is 0 Å². The number of amides is 1. The smallest absolute Gasteiger partial charge is 0.251 e. The van der Waals surface area contributed by atoms with Crippen molar-refractivity contribution in [3.8, 4) is 0 Å². The Morgan fingerprint density at radius 2 is 1.89 bits per heavy atom. The molecular weight excluding hydrogens is 238 g/mol. The van der Waals surface area contributed by atoms with Crippen LogP contribution in [-0.2, 0) is 4.79 Å². The fourth-order valence-corrected chi connectivity index (χ4v) is 2.56. The van der Waals surface area contributed by atoms with E-state index in [1.807, 2.05) is 0 Å². The summed E-state index contributed by atoms with van der Waals surface area (Å²) in [5, 5.41) is 9.32. The number of aliphatic hydroxyl groups is 1. The Bertz CT molecular complexity index is 497. The molecule has 0 saturated heterocycles. The van der Waals surface area contributed by atoms with Gasteiger partial charge in [-0.25, -0.2) is 0 Å². The maximum absolute atomic E-state index is 11.7. The Morgan fingerprint density at radius 1 is 1.26 bits per heavy atom. The summed E-state index contributed by atoms with van der Waals surface area (Å²) in [5.41, 5.74) is 5.07. The van der Waals surface area contributed by atoms with Gasteiger partial charge in [0, 0.05) is 13.1 Å². The lowest BCUT2D eigenvalue weighted by Gasteiger charge is -2.27. The first-order valence-electron chi connectivity index (χ1n) is 6.72. The largest absolute Gasteiger partial charge is 0.384 e. The van der Waals surface area contributed by atoms with Crippen molar-refractivity contribution in [1.82, 2.24) is 4.90 Å². The molecule has 0 fully saturated rings. The molecule has 0 saturated carbocycles. The monoisotopic (exact) mass is 259 g/mol. The van der Waals surface area contributed by atoms with Gasteiger partial charge in [0.05, 0.1) is 0 Å². The summed E-state index contributed by atoms with van der Waals surface area (Å²) in [6, 6.07) is 6.53. The molecule has 0 bridgehead atoms. The van der Waals surface area contributed by atoms with E-state index in [9.17, 15) is 9.90 Å². The minimum absolute atomic E-state index is 0.185. The second-order valence-electron chi connectivity index (χ2n) is 5.32. The number of benzene rings is 1. The molecule has 19 heavy (non-hydrogen) atoms. The van der Waals surface area contributed by atoms with Crippen LogP contribution in [0.25, 0.3) is 5.57 Å². The highest BCUT2D eigenvalue weighted by molar-refractivity contribution is 5.81. The minimum Gasteiger partial charge on any atom is -0.384 e. The van der Waals surface area contributed by atoms with Gasteiger partial charge >= 0.3 is 0 Å². The molecule has 0 aliphatic carbocycles. The zero-order valence-corrected chi connectivity index (χ0v) is 11.8. The topological polar surface area (TPSA) is 40.5 Å². The molecule has 1 heterocycles. The van der Waals surface area contributed by atoms with Gasteiger partial charge in [-0.2, -0.15) is 0 Å². The van der Waals surface area contributed by atoms with Gasteiger partial charge in [-0.3, -0.25) is 4.79 Å². The fraction of sp³-hybridized carbons (Fsp3) is 0.438. The minimum atomic E-state index is -0.906. The molecule has 2 rings (SSSR count). The quantitative estimate of drug-likeness (QED) is 0.885. The van der Waals surface area contributed by atoms with Gasteiger partial charge < -0.3 is 10.0 Å². The van der Waals surface area contributed by atoms with E-state index in [0.717, 1.165) is 6.42 Å². The fourth-order valence-electron chi connectivity index (χ4n) is 2.56. The van der Waals surface area contributed by atoms with Crippen molar-refractivity contribution in [1.29, 1.82) is 0 Å². The lowest BCUT2D eigenvalue weighted by Crippen LogP contribution is -2.40. The van der Waals surface area contributed by atoms with E-state index in [1.165, 1.54) is 29.2 Å². The second-order valence-corrected chi connectivity index (χ2v) is 5.32. The third kappa shape index (κ3) is 3.24. The third-order valence-corrected chi connectivity index (χ3v) is 3.47. The van der Waals surface area contributed by atoms with Gasteiger partial charge in [0.15, 0.2) is 0 Å². The molecular formula is C16H21NO2. The summed E-state index contributed by atoms with van der Waals surface area (Å²) in [7, 11) is 0. The summed E-state index contributed by atoms with van der Waals surface area (Å²) in [4.78, 5) is 13.4. The zero-order chi connectivity index (χ0) is 14.0. The first-order chi connectivity index (χ1) is 8.97. The van der Waals surface area contributed by atoms with Crippen LogP contribution >= 0.6 is 0 Å². The molecule has 1 aromatic carbocycles. The Hall–Kier alpha value is -1.61. The lowest BCUT2D eigenvalue weighted by atomic mass is 9.96. The number of aryl methyl sites for hydroxylation is 2. The van der Waals surface area contributed by atoms with Crippen molar-refractivity contribution >= 4 is 11.5 Å². The van der Waals surface area contributed by atoms with Gasteiger partial charge in [-0.05, 0) is 38.3 Å². The molecule has 3 heteroatoms. The number of hydrogen-bond donors (Lipinski definition) is 1. The predicted octanol–water partition coefficient (Wildman–Crippen LogP) is 2.30. The summed E-state index contributed by atoms with van der Waals surface area (Å²) < 4.78 is 0. The lowest BCUT2D eigenvalue weighted by molar-refractivity contribution is -0.138. The molecule has 102 valence electrons. The van der Waals surface area contributed by atoms with Crippen LogP contribution in [0, 0.1) is 13.8 Å². The van der Waals surface area contributed by atoms with Crippen molar-refractivity contribution in [2.75, 3.05) is 13.1 Å². The summed E-state index contributed by atoms with van der Waals surface area (Å²) >= 11 is 0. The maximum Gasteiger partial charge on any atom is 0.251 e. The van der Waals surface area contributed by atoms with Gasteiger partial charge in [-0.15, -0.1) is 0 Å². The molecule has 3 nitrogen and oxygen atoms in total. The number of carbonyl (C=O) groups excluding carboxylic acids is 1. The second kappa shape index (κ2) is 5.57. The van der Waals surface area contributed by atoms with Crippen LogP contribution in [0.3, 0.4) is 0 Å². The van der Waals surface area contributed by atoms with Crippen LogP contribution in [0.4, 0.5) is 0 Å².